The van der Waals surface area contributed by atoms with Gasteiger partial charge in [-0.15, -0.1) is 0 Å². The Kier molecular flexibility index (Phi) is 3.58. The molecule has 0 unspecified atom stereocenters. The number of aromatic hydroxyl groups is 2. The van der Waals surface area contributed by atoms with E-state index in [9.17, 15) is 10.2 Å². The molecule has 4 aromatic carbocycles. The van der Waals surface area contributed by atoms with E-state index in [-0.39, 0.29) is 11.5 Å². The quantitative estimate of drug-likeness (QED) is 0.541. The van der Waals surface area contributed by atoms with Gasteiger partial charge in [-0.25, -0.2) is 0 Å². The molecule has 0 spiro atoms. The number of fused-ring (bicyclic) bond motifs is 2. The van der Waals surface area contributed by atoms with E-state index >= 15 is 0 Å². The summed E-state index contributed by atoms with van der Waals surface area (Å²) < 4.78 is 11.5. The van der Waals surface area contributed by atoms with E-state index in [4.69, 9.17) is 9.47 Å². The van der Waals surface area contributed by atoms with Gasteiger partial charge in [0.15, 0.2) is 0 Å². The highest BCUT2D eigenvalue weighted by Gasteiger charge is 2.13. The van der Waals surface area contributed by atoms with Gasteiger partial charge < -0.3 is 19.7 Å². The van der Waals surface area contributed by atoms with Gasteiger partial charge in [0.2, 0.25) is 0 Å². The first-order valence-corrected chi connectivity index (χ1v) is 7.86. The maximum Gasteiger partial charge on any atom is 0.139 e. The van der Waals surface area contributed by atoms with Crippen LogP contribution in [0.3, 0.4) is 0 Å². The Morgan fingerprint density at radius 3 is 2.08 bits per heavy atom. The second-order valence-corrected chi connectivity index (χ2v) is 5.70. The van der Waals surface area contributed by atoms with Crippen LogP contribution in [0.25, 0.3) is 21.5 Å². The van der Waals surface area contributed by atoms with Crippen LogP contribution in [0.2, 0.25) is 0 Å². The van der Waals surface area contributed by atoms with E-state index in [2.05, 4.69) is 0 Å². The van der Waals surface area contributed by atoms with E-state index in [1.54, 1.807) is 37.4 Å². The van der Waals surface area contributed by atoms with E-state index in [0.717, 1.165) is 10.8 Å². The Bertz CT molecular complexity index is 1090. The molecule has 4 heteroatoms. The second kappa shape index (κ2) is 5.91. The predicted octanol–water partition coefficient (Wildman–Crippen LogP) is 5.21. The third-order valence-corrected chi connectivity index (χ3v) is 4.24. The van der Waals surface area contributed by atoms with Crippen molar-refractivity contribution in [1.29, 1.82) is 0 Å². The van der Waals surface area contributed by atoms with Crippen molar-refractivity contribution in [2.24, 2.45) is 0 Å². The standard InChI is InChI=1S/C21H16O4/c1-24-18-11-10-17(23)21-15(18)7-4-8-20(21)25-19-12-9-16(22)13-5-2-3-6-14(13)19/h2-12,22-23H,1H3. The second-order valence-electron chi connectivity index (χ2n) is 5.70. The first kappa shape index (κ1) is 15.1. The van der Waals surface area contributed by atoms with Gasteiger partial charge in [0.25, 0.3) is 0 Å². The molecule has 0 fully saturated rings. The molecule has 0 aliphatic heterocycles. The molecular weight excluding hydrogens is 316 g/mol. The molecule has 0 saturated heterocycles. The molecule has 0 aliphatic carbocycles. The van der Waals surface area contributed by atoms with Gasteiger partial charge in [-0.2, -0.15) is 0 Å². The Balaban J connectivity index is 1.92. The van der Waals surface area contributed by atoms with Gasteiger partial charge in [0.1, 0.15) is 28.7 Å². The average Bonchev–Trinajstić information content (AvgIpc) is 2.65. The lowest BCUT2D eigenvalue weighted by Crippen LogP contribution is -1.90. The van der Waals surface area contributed by atoms with Crippen molar-refractivity contribution >= 4 is 21.5 Å². The summed E-state index contributed by atoms with van der Waals surface area (Å²) in [5.74, 6) is 2.10. The Morgan fingerprint density at radius 1 is 0.600 bits per heavy atom. The van der Waals surface area contributed by atoms with Crippen molar-refractivity contribution < 1.29 is 19.7 Å². The average molecular weight is 332 g/mol. The molecule has 0 radical (unpaired) electrons. The SMILES string of the molecule is COc1ccc(O)c2c(Oc3ccc(O)c4ccccc34)cccc12. The maximum atomic E-state index is 10.3. The van der Waals surface area contributed by atoms with Crippen LogP contribution in [0.15, 0.2) is 66.7 Å². The van der Waals surface area contributed by atoms with E-state index < -0.39 is 0 Å². The third kappa shape index (κ3) is 2.48. The summed E-state index contributed by atoms with van der Waals surface area (Å²) in [6, 6.07) is 19.6. The summed E-state index contributed by atoms with van der Waals surface area (Å²) in [7, 11) is 1.59. The van der Waals surface area contributed by atoms with Crippen LogP contribution in [-0.2, 0) is 0 Å². The zero-order chi connectivity index (χ0) is 17.4. The summed E-state index contributed by atoms with van der Waals surface area (Å²) in [5, 5.41) is 23.2. The number of benzene rings is 4. The van der Waals surface area contributed by atoms with Crippen molar-refractivity contribution in [2.45, 2.75) is 0 Å². The van der Waals surface area contributed by atoms with Gasteiger partial charge >= 0.3 is 0 Å². The fourth-order valence-electron chi connectivity index (χ4n) is 3.05. The number of ether oxygens (including phenoxy) is 2. The van der Waals surface area contributed by atoms with Crippen LogP contribution < -0.4 is 9.47 Å². The van der Waals surface area contributed by atoms with Crippen molar-refractivity contribution in [2.75, 3.05) is 7.11 Å². The predicted molar refractivity (Wildman–Crippen MR) is 97.9 cm³/mol. The number of methoxy groups -OCH3 is 1. The van der Waals surface area contributed by atoms with Gasteiger partial charge in [0.05, 0.1) is 12.5 Å². The molecule has 0 heterocycles. The Hall–Kier alpha value is -3.40. The number of phenols is 2. The molecule has 25 heavy (non-hydrogen) atoms. The lowest BCUT2D eigenvalue weighted by atomic mass is 10.1. The lowest BCUT2D eigenvalue weighted by Gasteiger charge is -2.14. The van der Waals surface area contributed by atoms with Crippen LogP contribution in [0.1, 0.15) is 0 Å². The van der Waals surface area contributed by atoms with Crippen LogP contribution in [0, 0.1) is 0 Å². The summed E-state index contributed by atoms with van der Waals surface area (Å²) >= 11 is 0. The van der Waals surface area contributed by atoms with E-state index in [1.807, 2.05) is 36.4 Å². The smallest absolute Gasteiger partial charge is 0.139 e. The normalized spacial score (nSPS) is 10.9. The van der Waals surface area contributed by atoms with Gasteiger partial charge in [-0.1, -0.05) is 36.4 Å². The molecule has 4 rings (SSSR count). The van der Waals surface area contributed by atoms with Gasteiger partial charge in [-0.3, -0.25) is 0 Å². The van der Waals surface area contributed by atoms with E-state index in [1.165, 1.54) is 0 Å². The lowest BCUT2D eigenvalue weighted by molar-refractivity contribution is 0.417. The molecule has 2 N–H and O–H groups in total. The van der Waals surface area contributed by atoms with Crippen molar-refractivity contribution in [3.63, 3.8) is 0 Å². The van der Waals surface area contributed by atoms with Crippen LogP contribution in [0.4, 0.5) is 0 Å². The Labute approximate surface area is 144 Å². The molecule has 0 aromatic heterocycles. The summed E-state index contributed by atoms with van der Waals surface area (Å²) in [4.78, 5) is 0. The summed E-state index contributed by atoms with van der Waals surface area (Å²) in [5.41, 5.74) is 0. The van der Waals surface area contributed by atoms with Crippen molar-refractivity contribution in [3.8, 4) is 28.7 Å². The molecule has 4 nitrogen and oxygen atoms in total. The minimum Gasteiger partial charge on any atom is -0.507 e. The molecule has 4 aromatic rings. The van der Waals surface area contributed by atoms with E-state index in [0.29, 0.717) is 28.0 Å². The third-order valence-electron chi connectivity index (χ3n) is 4.24. The van der Waals surface area contributed by atoms with Crippen LogP contribution in [-0.4, -0.2) is 17.3 Å². The topological polar surface area (TPSA) is 58.9 Å². The van der Waals surface area contributed by atoms with Gasteiger partial charge in [0, 0.05) is 16.2 Å². The van der Waals surface area contributed by atoms with Crippen LogP contribution >= 0.6 is 0 Å². The first-order valence-electron chi connectivity index (χ1n) is 7.86. The molecule has 0 bridgehead atoms. The molecule has 0 aliphatic rings. The number of hydrogen-bond acceptors (Lipinski definition) is 4. The summed E-state index contributed by atoms with van der Waals surface area (Å²) in [6.45, 7) is 0. The highest BCUT2D eigenvalue weighted by molar-refractivity contribution is 5.99. The number of phenolic OH excluding ortho intramolecular Hbond substituents is 2. The highest BCUT2D eigenvalue weighted by Crippen LogP contribution is 2.42. The van der Waals surface area contributed by atoms with Crippen molar-refractivity contribution in [1.82, 2.24) is 0 Å². The molecule has 0 saturated carbocycles. The zero-order valence-electron chi connectivity index (χ0n) is 13.6. The maximum absolute atomic E-state index is 10.3. The first-order chi connectivity index (χ1) is 12.2. The minimum absolute atomic E-state index is 0.120. The monoisotopic (exact) mass is 332 g/mol. The largest absolute Gasteiger partial charge is 0.507 e. The van der Waals surface area contributed by atoms with Gasteiger partial charge in [-0.05, 0) is 30.3 Å². The fraction of sp³-hybridized carbons (Fsp3) is 0.0476. The van der Waals surface area contributed by atoms with Crippen molar-refractivity contribution in [3.05, 3.63) is 66.7 Å². The highest BCUT2D eigenvalue weighted by atomic mass is 16.5. The molecular formula is C21H16O4. The van der Waals surface area contributed by atoms with Crippen LogP contribution in [0.5, 0.6) is 28.7 Å². The summed E-state index contributed by atoms with van der Waals surface area (Å²) in [6.07, 6.45) is 0. The molecule has 0 amide bonds. The minimum atomic E-state index is 0.120. The molecule has 0 atom stereocenters. The zero-order valence-corrected chi connectivity index (χ0v) is 13.6. The number of hydrogen-bond donors (Lipinski definition) is 2. The number of rotatable bonds is 3. The molecule has 124 valence electrons. The fourth-order valence-corrected chi connectivity index (χ4v) is 3.05. The Morgan fingerprint density at radius 2 is 1.28 bits per heavy atom.